The number of rotatable bonds is 8. The van der Waals surface area contributed by atoms with Crippen molar-refractivity contribution in [2.24, 2.45) is 23.2 Å². The quantitative estimate of drug-likeness (QED) is 0.580. The molecule has 5 nitrogen and oxygen atoms in total. The molecule has 3 amide bonds. The second-order valence-electron chi connectivity index (χ2n) is 9.81. The van der Waals surface area contributed by atoms with E-state index in [1.165, 1.54) is 38.5 Å². The van der Waals surface area contributed by atoms with E-state index in [1.54, 1.807) is 0 Å². The van der Waals surface area contributed by atoms with Crippen LogP contribution in [0.25, 0.3) is 0 Å². The van der Waals surface area contributed by atoms with Crippen molar-refractivity contribution < 1.29 is 9.59 Å². The zero-order chi connectivity index (χ0) is 18.1. The Hall–Kier alpha value is -1.26. The Morgan fingerprint density at radius 2 is 1.69 bits per heavy atom. The van der Waals surface area contributed by atoms with Crippen LogP contribution in [0.4, 0.5) is 4.79 Å². The van der Waals surface area contributed by atoms with Crippen LogP contribution in [0.1, 0.15) is 77.6 Å². The molecular formula is C21H35N3O2. The first kappa shape index (κ1) is 18.1. The number of nitrogens with one attached hydrogen (secondary N) is 3. The molecule has 2 atom stereocenters. The van der Waals surface area contributed by atoms with Gasteiger partial charge in [-0.3, -0.25) is 4.79 Å². The molecule has 0 aromatic rings. The topological polar surface area (TPSA) is 70.2 Å². The molecule has 0 unspecified atom stereocenters. The summed E-state index contributed by atoms with van der Waals surface area (Å²) in [6.45, 7) is 2.97. The molecule has 0 aromatic heterocycles. The van der Waals surface area contributed by atoms with Crippen LogP contribution in [0.3, 0.4) is 0 Å². The average Bonchev–Trinajstić information content (AvgIpc) is 2.89. The maximum absolute atomic E-state index is 12.3. The van der Waals surface area contributed by atoms with Crippen molar-refractivity contribution in [3.8, 4) is 0 Å². The number of hydrogen-bond donors (Lipinski definition) is 3. The Bertz CT molecular complexity index is 512. The normalized spacial score (nSPS) is 40.3. The zero-order valence-electron chi connectivity index (χ0n) is 16.2. The van der Waals surface area contributed by atoms with Crippen LogP contribution in [0.5, 0.6) is 0 Å². The van der Waals surface area contributed by atoms with Crippen molar-refractivity contribution in [2.75, 3.05) is 6.54 Å². The molecule has 1 aliphatic heterocycles. The molecule has 4 aliphatic carbocycles. The van der Waals surface area contributed by atoms with E-state index in [2.05, 4.69) is 16.0 Å². The predicted molar refractivity (Wildman–Crippen MR) is 102 cm³/mol. The first-order valence-electron chi connectivity index (χ1n) is 10.9. The number of unbranched alkanes of at least 4 members (excludes halogenated alkanes) is 2. The van der Waals surface area contributed by atoms with Crippen LogP contribution < -0.4 is 16.0 Å². The summed E-state index contributed by atoms with van der Waals surface area (Å²) in [6.07, 6.45) is 13.2. The van der Waals surface area contributed by atoms with Gasteiger partial charge in [-0.1, -0.05) is 12.8 Å². The van der Waals surface area contributed by atoms with Gasteiger partial charge in [0.1, 0.15) is 0 Å². The zero-order valence-corrected chi connectivity index (χ0v) is 16.2. The fourth-order valence-corrected chi connectivity index (χ4v) is 6.67. The molecule has 26 heavy (non-hydrogen) atoms. The second-order valence-corrected chi connectivity index (χ2v) is 9.81. The summed E-state index contributed by atoms with van der Waals surface area (Å²) in [4.78, 5) is 23.5. The summed E-state index contributed by atoms with van der Waals surface area (Å²) in [7, 11) is 0. The van der Waals surface area contributed by atoms with Gasteiger partial charge >= 0.3 is 6.03 Å². The van der Waals surface area contributed by atoms with Gasteiger partial charge in [-0.25, -0.2) is 4.79 Å². The van der Waals surface area contributed by atoms with Gasteiger partial charge in [-0.2, -0.15) is 0 Å². The molecule has 5 aliphatic rings. The number of carbonyl (C=O) groups excluding carboxylic acids is 2. The van der Waals surface area contributed by atoms with E-state index < -0.39 is 0 Å². The van der Waals surface area contributed by atoms with E-state index in [0.29, 0.717) is 11.8 Å². The highest BCUT2D eigenvalue weighted by Gasteiger charge is 2.50. The van der Waals surface area contributed by atoms with E-state index in [9.17, 15) is 9.59 Å². The monoisotopic (exact) mass is 361 g/mol. The average molecular weight is 362 g/mol. The van der Waals surface area contributed by atoms with Gasteiger partial charge in [0, 0.05) is 19.0 Å². The van der Waals surface area contributed by atoms with E-state index in [0.717, 1.165) is 50.0 Å². The first-order valence-corrected chi connectivity index (χ1v) is 10.9. The highest BCUT2D eigenvalue weighted by Crippen LogP contribution is 2.59. The summed E-state index contributed by atoms with van der Waals surface area (Å²) in [6, 6.07) is 0.407. The molecule has 146 valence electrons. The van der Waals surface area contributed by atoms with Crippen LogP contribution >= 0.6 is 0 Å². The van der Waals surface area contributed by atoms with Crippen LogP contribution in [0.2, 0.25) is 0 Å². The summed E-state index contributed by atoms with van der Waals surface area (Å²) in [5, 5.41) is 9.12. The van der Waals surface area contributed by atoms with Gasteiger partial charge in [-0.15, -0.1) is 0 Å². The van der Waals surface area contributed by atoms with Crippen LogP contribution in [-0.2, 0) is 4.79 Å². The molecule has 0 aromatic carbocycles. The molecule has 1 saturated heterocycles. The van der Waals surface area contributed by atoms with Crippen LogP contribution in [-0.4, -0.2) is 30.6 Å². The first-order chi connectivity index (χ1) is 12.5. The molecule has 0 spiro atoms. The van der Waals surface area contributed by atoms with Crippen molar-refractivity contribution >= 4 is 11.9 Å². The molecule has 5 fully saturated rings. The highest BCUT2D eigenvalue weighted by atomic mass is 16.2. The number of urea groups is 1. The van der Waals surface area contributed by atoms with Gasteiger partial charge in [0.05, 0.1) is 6.04 Å². The number of hydrogen-bond acceptors (Lipinski definition) is 2. The van der Waals surface area contributed by atoms with Gasteiger partial charge in [-0.05, 0) is 81.5 Å². The minimum Gasteiger partial charge on any atom is -0.356 e. The van der Waals surface area contributed by atoms with Gasteiger partial charge < -0.3 is 16.0 Å². The van der Waals surface area contributed by atoms with Gasteiger partial charge in [0.15, 0.2) is 0 Å². The molecule has 5 heteroatoms. The maximum Gasteiger partial charge on any atom is 0.315 e. The number of carbonyl (C=O) groups is 2. The Morgan fingerprint density at radius 3 is 2.27 bits per heavy atom. The summed E-state index contributed by atoms with van der Waals surface area (Å²) >= 11 is 0. The molecule has 1 heterocycles. The summed E-state index contributed by atoms with van der Waals surface area (Å²) in [5.41, 5.74) is 0.439. The lowest BCUT2D eigenvalue weighted by Crippen LogP contribution is -2.51. The van der Waals surface area contributed by atoms with Gasteiger partial charge in [0.25, 0.3) is 0 Å². The van der Waals surface area contributed by atoms with Crippen molar-refractivity contribution in [1.29, 1.82) is 0 Å². The number of amides is 3. The second kappa shape index (κ2) is 7.40. The third-order valence-electron chi connectivity index (χ3n) is 7.52. The lowest BCUT2D eigenvalue weighted by atomic mass is 9.49. The minimum absolute atomic E-state index is 0.0495. The minimum atomic E-state index is -0.0495. The van der Waals surface area contributed by atoms with E-state index in [-0.39, 0.29) is 24.0 Å². The van der Waals surface area contributed by atoms with Crippen LogP contribution in [0, 0.1) is 23.2 Å². The maximum atomic E-state index is 12.3. The Labute approximate surface area is 157 Å². The smallest absolute Gasteiger partial charge is 0.315 e. The van der Waals surface area contributed by atoms with E-state index in [4.69, 9.17) is 0 Å². The highest BCUT2D eigenvalue weighted by molar-refractivity contribution is 5.77. The third kappa shape index (κ3) is 4.01. The largest absolute Gasteiger partial charge is 0.356 e. The molecular weight excluding hydrogens is 326 g/mol. The van der Waals surface area contributed by atoms with Crippen molar-refractivity contribution in [3.63, 3.8) is 0 Å². The van der Waals surface area contributed by atoms with Crippen molar-refractivity contribution in [1.82, 2.24) is 16.0 Å². The molecule has 5 rings (SSSR count). The fourth-order valence-electron chi connectivity index (χ4n) is 6.67. The fraction of sp³-hybridized carbons (Fsp3) is 0.905. The Kier molecular flexibility index (Phi) is 5.15. The third-order valence-corrected chi connectivity index (χ3v) is 7.52. The van der Waals surface area contributed by atoms with E-state index >= 15 is 0 Å². The molecule has 4 bridgehead atoms. The Balaban J connectivity index is 1.11. The van der Waals surface area contributed by atoms with Gasteiger partial charge in [0.2, 0.25) is 5.91 Å². The summed E-state index contributed by atoms with van der Waals surface area (Å²) in [5.74, 6) is 3.09. The summed E-state index contributed by atoms with van der Waals surface area (Å²) < 4.78 is 0. The standard InChI is InChI=1S/C21H35N3O2/c1-14-18(24-20(26)23-14)5-3-2-4-6-19(25)22-13-21-10-15-7-16(11-21)9-17(8-15)12-21/h14-18H,2-13H2,1H3,(H,22,25)(H2,23,24,26)/t14-,15?,16?,17?,18+,21?/m1/s1. The lowest BCUT2D eigenvalue weighted by Gasteiger charge is -2.56. The lowest BCUT2D eigenvalue weighted by molar-refractivity contribution is -0.123. The van der Waals surface area contributed by atoms with Crippen LogP contribution in [0.15, 0.2) is 0 Å². The SMILES string of the molecule is C[C@H]1NC(=O)N[C@H]1CCCCCC(=O)NCC12CC3CC(CC(C3)C1)C2. The van der Waals surface area contributed by atoms with E-state index in [1.807, 2.05) is 6.92 Å². The molecule has 0 radical (unpaired) electrons. The predicted octanol–water partition coefficient (Wildman–Crippen LogP) is 3.34. The Morgan fingerprint density at radius 1 is 1.04 bits per heavy atom. The molecule has 3 N–H and O–H groups in total. The van der Waals surface area contributed by atoms with Crippen molar-refractivity contribution in [2.45, 2.75) is 89.6 Å². The molecule has 4 saturated carbocycles. The van der Waals surface area contributed by atoms with Crippen molar-refractivity contribution in [3.05, 3.63) is 0 Å².